The van der Waals surface area contributed by atoms with Crippen LogP contribution in [0.2, 0.25) is 0 Å². The number of amides is 1. The summed E-state index contributed by atoms with van der Waals surface area (Å²) in [6, 6.07) is 10.3. The van der Waals surface area contributed by atoms with Crippen LogP contribution in [-0.2, 0) is 4.79 Å². The van der Waals surface area contributed by atoms with Crippen molar-refractivity contribution >= 4 is 5.91 Å². The molecule has 0 radical (unpaired) electrons. The number of carbonyl (C=O) groups is 1. The Morgan fingerprint density at radius 1 is 1.35 bits per heavy atom. The third kappa shape index (κ3) is 4.57. The summed E-state index contributed by atoms with van der Waals surface area (Å²) in [5.41, 5.74) is 6.67. The van der Waals surface area contributed by atoms with Gasteiger partial charge < -0.3 is 10.6 Å². The molecule has 0 aliphatic heterocycles. The Morgan fingerprint density at radius 3 is 2.59 bits per heavy atom. The van der Waals surface area contributed by atoms with Gasteiger partial charge in [0.1, 0.15) is 0 Å². The second-order valence-electron chi connectivity index (χ2n) is 4.48. The summed E-state index contributed by atoms with van der Waals surface area (Å²) in [5.74, 6) is 0.543. The van der Waals surface area contributed by atoms with Gasteiger partial charge in [-0.3, -0.25) is 4.79 Å². The zero-order valence-electron chi connectivity index (χ0n) is 10.7. The lowest BCUT2D eigenvalue weighted by atomic mass is 10.0. The topological polar surface area (TPSA) is 46.3 Å². The van der Waals surface area contributed by atoms with Gasteiger partial charge in [0.25, 0.3) is 0 Å². The highest BCUT2D eigenvalue weighted by Gasteiger charge is 2.12. The second-order valence-corrected chi connectivity index (χ2v) is 4.48. The number of hydrogen-bond acceptors (Lipinski definition) is 2. The van der Waals surface area contributed by atoms with E-state index in [4.69, 9.17) is 5.73 Å². The van der Waals surface area contributed by atoms with Crippen LogP contribution in [0.4, 0.5) is 0 Å². The first-order valence-corrected chi connectivity index (χ1v) is 6.14. The molecule has 0 saturated heterocycles. The van der Waals surface area contributed by atoms with Crippen LogP contribution < -0.4 is 5.73 Å². The minimum absolute atomic E-state index is 0.179. The van der Waals surface area contributed by atoms with Gasteiger partial charge >= 0.3 is 0 Å². The highest BCUT2D eigenvalue weighted by Crippen LogP contribution is 2.15. The van der Waals surface area contributed by atoms with Crippen molar-refractivity contribution in [1.82, 2.24) is 4.90 Å². The summed E-state index contributed by atoms with van der Waals surface area (Å²) in [7, 11) is 1.86. The van der Waals surface area contributed by atoms with Crippen molar-refractivity contribution in [2.75, 3.05) is 20.1 Å². The minimum atomic E-state index is 0.179. The molecule has 0 fully saturated rings. The number of nitrogens with zero attached hydrogens (tertiary/aromatic N) is 1. The molecule has 0 unspecified atom stereocenters. The molecule has 0 bridgehead atoms. The zero-order valence-corrected chi connectivity index (χ0v) is 10.7. The SMILES string of the molecule is C[C@@H](CN(C)C(=O)CCCN)c1ccccc1. The molecular formula is C14H22N2O. The van der Waals surface area contributed by atoms with Crippen LogP contribution in [0.5, 0.6) is 0 Å². The summed E-state index contributed by atoms with van der Waals surface area (Å²) >= 11 is 0. The van der Waals surface area contributed by atoms with E-state index in [1.807, 2.05) is 25.2 Å². The third-order valence-electron chi connectivity index (χ3n) is 2.94. The van der Waals surface area contributed by atoms with Crippen molar-refractivity contribution < 1.29 is 4.79 Å². The zero-order chi connectivity index (χ0) is 12.7. The molecular weight excluding hydrogens is 212 g/mol. The van der Waals surface area contributed by atoms with Gasteiger partial charge in [0.05, 0.1) is 0 Å². The minimum Gasteiger partial charge on any atom is -0.345 e. The first-order chi connectivity index (χ1) is 8.15. The van der Waals surface area contributed by atoms with Gasteiger partial charge in [-0.1, -0.05) is 37.3 Å². The molecule has 1 aromatic rings. The van der Waals surface area contributed by atoms with Gasteiger partial charge in [0.2, 0.25) is 5.91 Å². The molecule has 94 valence electrons. The predicted molar refractivity (Wildman–Crippen MR) is 70.8 cm³/mol. The molecule has 0 aromatic heterocycles. The maximum atomic E-state index is 11.7. The lowest BCUT2D eigenvalue weighted by Gasteiger charge is -2.22. The van der Waals surface area contributed by atoms with Crippen molar-refractivity contribution in [3.63, 3.8) is 0 Å². The number of rotatable bonds is 6. The number of nitrogens with two attached hydrogens (primary N) is 1. The maximum Gasteiger partial charge on any atom is 0.222 e. The first-order valence-electron chi connectivity index (χ1n) is 6.14. The van der Waals surface area contributed by atoms with Crippen molar-refractivity contribution in [3.05, 3.63) is 35.9 Å². The number of hydrogen-bond donors (Lipinski definition) is 1. The fourth-order valence-electron chi connectivity index (χ4n) is 1.84. The Morgan fingerprint density at radius 2 is 2.00 bits per heavy atom. The molecule has 0 aliphatic rings. The molecule has 17 heavy (non-hydrogen) atoms. The predicted octanol–water partition coefficient (Wildman–Crippen LogP) is 1.99. The molecule has 1 aromatic carbocycles. The Kier molecular flexibility index (Phi) is 5.70. The Bertz CT molecular complexity index is 337. The lowest BCUT2D eigenvalue weighted by molar-refractivity contribution is -0.130. The summed E-state index contributed by atoms with van der Waals surface area (Å²) in [5, 5.41) is 0. The number of carbonyl (C=O) groups excluding carboxylic acids is 1. The highest BCUT2D eigenvalue weighted by atomic mass is 16.2. The standard InChI is InChI=1S/C14H22N2O/c1-12(13-7-4-3-5-8-13)11-16(2)14(17)9-6-10-15/h3-5,7-8,12H,6,9-11,15H2,1-2H3/t12-/m0/s1. The van der Waals surface area contributed by atoms with Crippen LogP contribution in [0.15, 0.2) is 30.3 Å². The first kappa shape index (κ1) is 13.7. The molecule has 3 nitrogen and oxygen atoms in total. The van der Waals surface area contributed by atoms with Gasteiger partial charge in [0, 0.05) is 20.0 Å². The van der Waals surface area contributed by atoms with E-state index in [0.717, 1.165) is 13.0 Å². The average Bonchev–Trinajstić information content (AvgIpc) is 2.36. The van der Waals surface area contributed by atoms with E-state index in [2.05, 4.69) is 19.1 Å². The summed E-state index contributed by atoms with van der Waals surface area (Å²) in [4.78, 5) is 13.5. The highest BCUT2D eigenvalue weighted by molar-refractivity contribution is 5.75. The Balaban J connectivity index is 2.45. The molecule has 0 saturated carbocycles. The summed E-state index contributed by atoms with van der Waals surface area (Å²) in [6.07, 6.45) is 1.32. The molecule has 0 spiro atoms. The second kappa shape index (κ2) is 7.07. The summed E-state index contributed by atoms with van der Waals surface area (Å²) in [6.45, 7) is 3.48. The van der Waals surface area contributed by atoms with Crippen LogP contribution in [-0.4, -0.2) is 30.9 Å². The third-order valence-corrected chi connectivity index (χ3v) is 2.94. The van der Waals surface area contributed by atoms with Crippen molar-refractivity contribution in [3.8, 4) is 0 Å². The number of benzene rings is 1. The van der Waals surface area contributed by atoms with Crippen LogP contribution in [0.25, 0.3) is 0 Å². The Labute approximate surface area is 104 Å². The molecule has 2 N–H and O–H groups in total. The average molecular weight is 234 g/mol. The van der Waals surface area contributed by atoms with Gasteiger partial charge in [-0.15, -0.1) is 0 Å². The fraction of sp³-hybridized carbons (Fsp3) is 0.500. The van der Waals surface area contributed by atoms with Gasteiger partial charge in [-0.25, -0.2) is 0 Å². The van der Waals surface area contributed by atoms with Crippen LogP contribution >= 0.6 is 0 Å². The molecule has 0 aliphatic carbocycles. The monoisotopic (exact) mass is 234 g/mol. The number of likely N-dealkylation sites (N-methyl/N-ethyl adjacent to an activating group) is 1. The fourth-order valence-corrected chi connectivity index (χ4v) is 1.84. The van der Waals surface area contributed by atoms with E-state index in [1.165, 1.54) is 5.56 Å². The van der Waals surface area contributed by atoms with Crippen LogP contribution in [0.3, 0.4) is 0 Å². The van der Waals surface area contributed by atoms with E-state index >= 15 is 0 Å². The van der Waals surface area contributed by atoms with E-state index < -0.39 is 0 Å². The van der Waals surface area contributed by atoms with E-state index in [-0.39, 0.29) is 5.91 Å². The molecule has 1 amide bonds. The maximum absolute atomic E-state index is 11.7. The normalized spacial score (nSPS) is 12.2. The molecule has 3 heteroatoms. The lowest BCUT2D eigenvalue weighted by Crippen LogP contribution is -2.30. The van der Waals surface area contributed by atoms with Gasteiger partial charge in [0.15, 0.2) is 0 Å². The van der Waals surface area contributed by atoms with Crippen molar-refractivity contribution in [2.45, 2.75) is 25.7 Å². The van der Waals surface area contributed by atoms with E-state index in [1.54, 1.807) is 4.90 Å². The van der Waals surface area contributed by atoms with Crippen molar-refractivity contribution in [1.29, 1.82) is 0 Å². The quantitative estimate of drug-likeness (QED) is 0.818. The van der Waals surface area contributed by atoms with Gasteiger partial charge in [-0.05, 0) is 24.4 Å². The van der Waals surface area contributed by atoms with E-state index in [0.29, 0.717) is 18.9 Å². The smallest absolute Gasteiger partial charge is 0.222 e. The summed E-state index contributed by atoms with van der Waals surface area (Å²) < 4.78 is 0. The Hall–Kier alpha value is -1.35. The molecule has 1 atom stereocenters. The molecule has 1 rings (SSSR count). The van der Waals surface area contributed by atoms with Crippen LogP contribution in [0, 0.1) is 0 Å². The van der Waals surface area contributed by atoms with E-state index in [9.17, 15) is 4.79 Å². The largest absolute Gasteiger partial charge is 0.345 e. The van der Waals surface area contributed by atoms with Gasteiger partial charge in [-0.2, -0.15) is 0 Å². The van der Waals surface area contributed by atoms with Crippen molar-refractivity contribution in [2.24, 2.45) is 5.73 Å². The molecule has 0 heterocycles. The van der Waals surface area contributed by atoms with Crippen LogP contribution in [0.1, 0.15) is 31.2 Å².